The highest BCUT2D eigenvalue weighted by atomic mass is 16.6. The van der Waals surface area contributed by atoms with Crippen LogP contribution in [0.25, 0.3) is 11.0 Å². The maximum Gasteiger partial charge on any atom is 0.410 e. The smallest absolute Gasteiger partial charge is 0.410 e. The summed E-state index contributed by atoms with van der Waals surface area (Å²) in [5.74, 6) is -0.549. The van der Waals surface area contributed by atoms with E-state index < -0.39 is 17.1 Å². The van der Waals surface area contributed by atoms with E-state index in [0.29, 0.717) is 24.1 Å². The van der Waals surface area contributed by atoms with Crippen LogP contribution in [0.5, 0.6) is 0 Å². The first-order chi connectivity index (χ1) is 14.0. The minimum Gasteiger partial charge on any atom is -0.465 e. The molecule has 1 aliphatic heterocycles. The molecule has 0 aliphatic carbocycles. The molecule has 0 unspecified atom stereocenters. The zero-order valence-electron chi connectivity index (χ0n) is 18.2. The molecule has 2 aromatic rings. The Morgan fingerprint density at radius 3 is 2.37 bits per heavy atom. The maximum atomic E-state index is 12.7. The van der Waals surface area contributed by atoms with Crippen molar-refractivity contribution in [1.29, 1.82) is 0 Å². The number of carbonyl (C=O) groups excluding carboxylic acids is 2. The number of hydrogen-bond acceptors (Lipinski definition) is 7. The molecule has 9 heteroatoms. The molecule has 3 rings (SSSR count). The number of nitrogens with one attached hydrogen (secondary N) is 1. The van der Waals surface area contributed by atoms with Crippen molar-refractivity contribution in [3.05, 3.63) is 34.2 Å². The number of aromatic nitrogens is 2. The van der Waals surface area contributed by atoms with Gasteiger partial charge in [0.15, 0.2) is 0 Å². The molecule has 30 heavy (non-hydrogen) atoms. The first-order valence-electron chi connectivity index (χ1n) is 9.88. The Morgan fingerprint density at radius 1 is 1.17 bits per heavy atom. The van der Waals surface area contributed by atoms with E-state index in [1.165, 1.54) is 13.3 Å². The molecule has 2 heterocycles. The fourth-order valence-electron chi connectivity index (χ4n) is 3.85. The minimum absolute atomic E-state index is 0.110. The summed E-state index contributed by atoms with van der Waals surface area (Å²) < 4.78 is 10.4. The average Bonchev–Trinajstić information content (AvgIpc) is 2.64. The SMILES string of the molecule is COC(=O)c1ccc(N2C[C@@H](C)N(C(=O)OC(C)(C)C)[C@@H](C)C2)c2ncc(=O)[nH]c12. The number of benzene rings is 1. The molecule has 1 N–H and O–H groups in total. The fraction of sp³-hybridized carbons (Fsp3) is 0.524. The lowest BCUT2D eigenvalue weighted by molar-refractivity contribution is 0.00566. The van der Waals surface area contributed by atoms with Crippen molar-refractivity contribution in [1.82, 2.24) is 14.9 Å². The predicted octanol–water partition coefficient (Wildman–Crippen LogP) is 2.54. The summed E-state index contributed by atoms with van der Waals surface area (Å²) in [6.45, 7) is 10.6. The number of anilines is 1. The normalized spacial score (nSPS) is 19.7. The third-order valence-corrected chi connectivity index (χ3v) is 4.98. The summed E-state index contributed by atoms with van der Waals surface area (Å²) in [5.41, 5.74) is 0.889. The lowest BCUT2D eigenvalue weighted by atomic mass is 10.1. The molecule has 1 saturated heterocycles. The lowest BCUT2D eigenvalue weighted by Gasteiger charge is -2.45. The Morgan fingerprint density at radius 2 is 1.80 bits per heavy atom. The van der Waals surface area contributed by atoms with Crippen LogP contribution in [0.15, 0.2) is 23.1 Å². The topological polar surface area (TPSA) is 105 Å². The highest BCUT2D eigenvalue weighted by Gasteiger charge is 2.36. The van der Waals surface area contributed by atoms with E-state index in [0.717, 1.165) is 5.69 Å². The number of esters is 1. The molecule has 2 atom stereocenters. The van der Waals surface area contributed by atoms with E-state index in [1.807, 2.05) is 34.6 Å². The van der Waals surface area contributed by atoms with Crippen LogP contribution in [-0.4, -0.2) is 64.8 Å². The van der Waals surface area contributed by atoms with Crippen molar-refractivity contribution >= 4 is 28.8 Å². The van der Waals surface area contributed by atoms with Gasteiger partial charge in [-0.25, -0.2) is 14.6 Å². The van der Waals surface area contributed by atoms with Crippen molar-refractivity contribution in [2.24, 2.45) is 0 Å². The van der Waals surface area contributed by atoms with E-state index >= 15 is 0 Å². The first kappa shape index (κ1) is 21.6. The van der Waals surface area contributed by atoms with E-state index in [-0.39, 0.29) is 23.7 Å². The van der Waals surface area contributed by atoms with E-state index in [1.54, 1.807) is 17.0 Å². The zero-order valence-corrected chi connectivity index (χ0v) is 18.2. The Labute approximate surface area is 175 Å². The second-order valence-corrected chi connectivity index (χ2v) is 8.59. The fourth-order valence-corrected chi connectivity index (χ4v) is 3.85. The van der Waals surface area contributed by atoms with Crippen molar-refractivity contribution in [2.45, 2.75) is 52.3 Å². The Hall–Kier alpha value is -3.10. The molecule has 1 aromatic carbocycles. The van der Waals surface area contributed by atoms with Gasteiger partial charge in [0, 0.05) is 13.1 Å². The summed E-state index contributed by atoms with van der Waals surface area (Å²) in [4.78, 5) is 47.4. The van der Waals surface area contributed by atoms with Crippen molar-refractivity contribution in [3.63, 3.8) is 0 Å². The molecule has 1 amide bonds. The van der Waals surface area contributed by atoms with Crippen molar-refractivity contribution < 1.29 is 19.1 Å². The van der Waals surface area contributed by atoms with Crippen LogP contribution in [0.3, 0.4) is 0 Å². The van der Waals surface area contributed by atoms with Gasteiger partial charge in [-0.3, -0.25) is 9.69 Å². The van der Waals surface area contributed by atoms with Crippen molar-refractivity contribution in [2.75, 3.05) is 25.1 Å². The molecule has 1 aromatic heterocycles. The van der Waals surface area contributed by atoms with Gasteiger partial charge in [0.2, 0.25) is 0 Å². The van der Waals surface area contributed by atoms with Gasteiger partial charge in [0.1, 0.15) is 11.1 Å². The number of rotatable bonds is 2. The van der Waals surface area contributed by atoms with Gasteiger partial charge in [0.05, 0.1) is 42.2 Å². The van der Waals surface area contributed by atoms with Crippen LogP contribution in [0.2, 0.25) is 0 Å². The van der Waals surface area contributed by atoms with Gasteiger partial charge in [-0.1, -0.05) is 0 Å². The molecule has 0 radical (unpaired) electrons. The van der Waals surface area contributed by atoms with E-state index in [2.05, 4.69) is 14.9 Å². The molecule has 162 valence electrons. The van der Waals surface area contributed by atoms with Crippen LogP contribution < -0.4 is 10.5 Å². The van der Waals surface area contributed by atoms with Crippen LogP contribution in [0.4, 0.5) is 10.5 Å². The number of ether oxygens (including phenoxy) is 2. The molecule has 0 spiro atoms. The van der Waals surface area contributed by atoms with Gasteiger partial charge >= 0.3 is 12.1 Å². The quantitative estimate of drug-likeness (QED) is 0.750. The van der Waals surface area contributed by atoms with Gasteiger partial charge in [-0.05, 0) is 46.8 Å². The van der Waals surface area contributed by atoms with Gasteiger partial charge in [0.25, 0.3) is 5.56 Å². The molecule has 1 aliphatic rings. The van der Waals surface area contributed by atoms with Crippen LogP contribution in [0, 0.1) is 0 Å². The summed E-state index contributed by atoms with van der Waals surface area (Å²) in [6.07, 6.45) is 0.854. The maximum absolute atomic E-state index is 12.7. The summed E-state index contributed by atoms with van der Waals surface area (Å²) >= 11 is 0. The highest BCUT2D eigenvalue weighted by molar-refractivity contribution is 6.05. The molecular formula is C21H28N4O5. The minimum atomic E-state index is -0.566. The third-order valence-electron chi connectivity index (χ3n) is 4.98. The number of carbonyl (C=O) groups is 2. The highest BCUT2D eigenvalue weighted by Crippen LogP contribution is 2.30. The Balaban J connectivity index is 1.95. The summed E-state index contributed by atoms with van der Waals surface area (Å²) in [6, 6.07) is 3.20. The lowest BCUT2D eigenvalue weighted by Crippen LogP contribution is -2.59. The summed E-state index contributed by atoms with van der Waals surface area (Å²) in [7, 11) is 1.29. The van der Waals surface area contributed by atoms with Gasteiger partial charge in [-0.2, -0.15) is 0 Å². The van der Waals surface area contributed by atoms with Crippen LogP contribution >= 0.6 is 0 Å². The number of hydrogen-bond donors (Lipinski definition) is 1. The Kier molecular flexibility index (Phi) is 5.74. The van der Waals surface area contributed by atoms with Gasteiger partial charge < -0.3 is 19.4 Å². The second kappa shape index (κ2) is 7.97. The average molecular weight is 416 g/mol. The Bertz CT molecular complexity index is 1010. The van der Waals surface area contributed by atoms with Crippen LogP contribution in [-0.2, 0) is 9.47 Å². The second-order valence-electron chi connectivity index (χ2n) is 8.59. The number of fused-ring (bicyclic) bond motifs is 1. The van der Waals surface area contributed by atoms with Crippen molar-refractivity contribution in [3.8, 4) is 0 Å². The monoisotopic (exact) mass is 416 g/mol. The number of piperazine rings is 1. The third kappa shape index (κ3) is 4.24. The molecular weight excluding hydrogens is 388 g/mol. The molecule has 1 fully saturated rings. The molecule has 0 bridgehead atoms. The number of nitrogens with zero attached hydrogens (tertiary/aromatic N) is 3. The standard InChI is InChI=1S/C21H28N4O5/c1-12-10-24(11-13(2)25(12)20(28)30-21(3,4)5)15-8-7-14(19(27)29-6)17-18(15)22-9-16(26)23-17/h7-9,12-13H,10-11H2,1-6H3,(H,23,26)/t12-,13+. The number of amides is 1. The number of aromatic amines is 1. The van der Waals surface area contributed by atoms with E-state index in [9.17, 15) is 14.4 Å². The predicted molar refractivity (Wildman–Crippen MR) is 113 cm³/mol. The largest absolute Gasteiger partial charge is 0.465 e. The zero-order chi connectivity index (χ0) is 22.2. The first-order valence-corrected chi connectivity index (χ1v) is 9.88. The summed E-state index contributed by atoms with van der Waals surface area (Å²) in [5, 5.41) is 0. The van der Waals surface area contributed by atoms with Gasteiger partial charge in [-0.15, -0.1) is 0 Å². The number of methoxy groups -OCH3 is 1. The molecule has 9 nitrogen and oxygen atoms in total. The number of H-pyrrole nitrogens is 1. The van der Waals surface area contributed by atoms with E-state index in [4.69, 9.17) is 9.47 Å². The van der Waals surface area contributed by atoms with Crippen LogP contribution in [0.1, 0.15) is 45.0 Å². The molecule has 0 saturated carbocycles.